The van der Waals surface area contributed by atoms with Crippen LogP contribution in [0.5, 0.6) is 0 Å². The van der Waals surface area contributed by atoms with Crippen molar-refractivity contribution < 1.29 is 15.3 Å². The first-order chi connectivity index (χ1) is 10.7. The SMILES string of the molecule is CC1(C)[C@H]2CC[C@@]34C[C@@H](CC[C@H]3[C@]2(C)CC[C@@H]1O)[C@](O)(CO)C4. The Morgan fingerprint density at radius 2 is 1.70 bits per heavy atom. The summed E-state index contributed by atoms with van der Waals surface area (Å²) in [5, 5.41) is 31.3. The number of aliphatic hydroxyl groups excluding tert-OH is 2. The summed E-state index contributed by atoms with van der Waals surface area (Å²) in [5.74, 6) is 1.53. The lowest BCUT2D eigenvalue weighted by Gasteiger charge is -2.64. The van der Waals surface area contributed by atoms with Crippen LogP contribution in [0.4, 0.5) is 0 Å². The zero-order chi connectivity index (χ0) is 16.7. The Kier molecular flexibility index (Phi) is 3.37. The lowest BCUT2D eigenvalue weighted by atomic mass is 9.41. The van der Waals surface area contributed by atoms with Crippen LogP contribution < -0.4 is 0 Å². The zero-order valence-corrected chi connectivity index (χ0v) is 15.0. The molecule has 0 aromatic carbocycles. The molecule has 4 aliphatic rings. The van der Waals surface area contributed by atoms with Crippen LogP contribution >= 0.6 is 0 Å². The van der Waals surface area contributed by atoms with Crippen LogP contribution in [0.15, 0.2) is 0 Å². The molecular formula is C20H34O3. The van der Waals surface area contributed by atoms with Gasteiger partial charge in [0.15, 0.2) is 0 Å². The number of rotatable bonds is 1. The molecule has 4 saturated carbocycles. The van der Waals surface area contributed by atoms with Gasteiger partial charge in [-0.3, -0.25) is 0 Å². The summed E-state index contributed by atoms with van der Waals surface area (Å²) >= 11 is 0. The van der Waals surface area contributed by atoms with Crippen molar-refractivity contribution in [1.29, 1.82) is 0 Å². The summed E-state index contributed by atoms with van der Waals surface area (Å²) in [6, 6.07) is 0. The molecule has 3 nitrogen and oxygen atoms in total. The van der Waals surface area contributed by atoms with Gasteiger partial charge in [0.2, 0.25) is 0 Å². The van der Waals surface area contributed by atoms with E-state index in [0.29, 0.717) is 17.8 Å². The molecule has 4 aliphatic carbocycles. The van der Waals surface area contributed by atoms with Crippen LogP contribution in [-0.2, 0) is 0 Å². The number of fused-ring (bicyclic) bond motifs is 3. The predicted molar refractivity (Wildman–Crippen MR) is 89.8 cm³/mol. The highest BCUT2D eigenvalue weighted by Gasteiger charge is 2.67. The Hall–Kier alpha value is -0.120. The average Bonchev–Trinajstić information content (AvgIpc) is 2.70. The first-order valence-corrected chi connectivity index (χ1v) is 9.69. The molecule has 0 aromatic heterocycles. The molecule has 0 amide bonds. The topological polar surface area (TPSA) is 60.7 Å². The van der Waals surface area contributed by atoms with Crippen molar-refractivity contribution in [2.45, 2.75) is 83.8 Å². The highest BCUT2D eigenvalue weighted by molar-refractivity contribution is 5.17. The molecule has 132 valence electrons. The van der Waals surface area contributed by atoms with E-state index < -0.39 is 5.60 Å². The fourth-order valence-electron chi connectivity index (χ4n) is 8.02. The molecule has 0 heterocycles. The van der Waals surface area contributed by atoms with Crippen LogP contribution in [0.25, 0.3) is 0 Å². The lowest BCUT2D eigenvalue weighted by molar-refractivity contribution is -0.180. The van der Waals surface area contributed by atoms with Crippen LogP contribution in [-0.4, -0.2) is 33.6 Å². The molecule has 0 radical (unpaired) electrons. The van der Waals surface area contributed by atoms with E-state index >= 15 is 0 Å². The summed E-state index contributed by atoms with van der Waals surface area (Å²) in [6.07, 6.45) is 8.39. The molecule has 4 fully saturated rings. The second kappa shape index (κ2) is 4.74. The molecule has 2 bridgehead atoms. The van der Waals surface area contributed by atoms with Gasteiger partial charge in [0.1, 0.15) is 0 Å². The smallest absolute Gasteiger partial charge is 0.0910 e. The van der Waals surface area contributed by atoms with Gasteiger partial charge in [-0.05, 0) is 85.4 Å². The number of hydrogen-bond donors (Lipinski definition) is 3. The first kappa shape index (κ1) is 16.4. The third-order valence-electron chi connectivity index (χ3n) is 9.12. The Balaban J connectivity index is 1.72. The molecule has 23 heavy (non-hydrogen) atoms. The van der Waals surface area contributed by atoms with Crippen LogP contribution in [0, 0.1) is 34.0 Å². The fourth-order valence-corrected chi connectivity index (χ4v) is 8.02. The monoisotopic (exact) mass is 322 g/mol. The van der Waals surface area contributed by atoms with E-state index in [9.17, 15) is 15.3 Å². The summed E-state index contributed by atoms with van der Waals surface area (Å²) in [4.78, 5) is 0. The maximum absolute atomic E-state index is 10.9. The molecule has 1 spiro atoms. The standard InChI is InChI=1S/C20H34O3/c1-17(2)14-6-9-19-10-13(20(23,11-19)12-21)4-5-15(19)18(14,3)8-7-16(17)22/h13-16,21-23H,4-12H2,1-3H3/t13-,14-,15+,16+,18-,19+,20-/m1/s1. The van der Waals surface area contributed by atoms with Crippen molar-refractivity contribution in [2.75, 3.05) is 6.61 Å². The van der Waals surface area contributed by atoms with Gasteiger partial charge >= 0.3 is 0 Å². The fraction of sp³-hybridized carbons (Fsp3) is 1.00. The van der Waals surface area contributed by atoms with Gasteiger partial charge in [0.25, 0.3) is 0 Å². The molecule has 3 N–H and O–H groups in total. The minimum atomic E-state index is -0.832. The van der Waals surface area contributed by atoms with Crippen LogP contribution in [0.1, 0.15) is 72.1 Å². The van der Waals surface area contributed by atoms with E-state index in [1.54, 1.807) is 0 Å². The second-order valence-electron chi connectivity index (χ2n) is 10.3. The molecule has 0 unspecified atom stereocenters. The summed E-state index contributed by atoms with van der Waals surface area (Å²) in [6.45, 7) is 6.94. The number of aliphatic hydroxyl groups is 3. The quantitative estimate of drug-likeness (QED) is 0.695. The van der Waals surface area contributed by atoms with Crippen molar-refractivity contribution in [2.24, 2.45) is 34.0 Å². The van der Waals surface area contributed by atoms with E-state index in [1.165, 1.54) is 19.3 Å². The maximum Gasteiger partial charge on any atom is 0.0910 e. The van der Waals surface area contributed by atoms with Crippen molar-refractivity contribution in [3.8, 4) is 0 Å². The van der Waals surface area contributed by atoms with Crippen molar-refractivity contribution in [3.63, 3.8) is 0 Å². The van der Waals surface area contributed by atoms with E-state index in [-0.39, 0.29) is 29.0 Å². The van der Waals surface area contributed by atoms with E-state index in [4.69, 9.17) is 0 Å². The zero-order valence-electron chi connectivity index (χ0n) is 15.0. The van der Waals surface area contributed by atoms with Gasteiger partial charge in [-0.25, -0.2) is 0 Å². The van der Waals surface area contributed by atoms with Gasteiger partial charge in [-0.15, -0.1) is 0 Å². The Labute approximate surface area is 140 Å². The average molecular weight is 322 g/mol. The largest absolute Gasteiger partial charge is 0.393 e. The first-order valence-electron chi connectivity index (χ1n) is 9.69. The van der Waals surface area contributed by atoms with Gasteiger partial charge in [-0.2, -0.15) is 0 Å². The summed E-state index contributed by atoms with van der Waals surface area (Å²) in [7, 11) is 0. The molecule has 0 aromatic rings. The van der Waals surface area contributed by atoms with E-state index in [0.717, 1.165) is 32.1 Å². The third-order valence-corrected chi connectivity index (χ3v) is 9.12. The van der Waals surface area contributed by atoms with Gasteiger partial charge < -0.3 is 15.3 Å². The Morgan fingerprint density at radius 3 is 2.39 bits per heavy atom. The van der Waals surface area contributed by atoms with E-state index in [1.807, 2.05) is 0 Å². The summed E-state index contributed by atoms with van der Waals surface area (Å²) in [5.41, 5.74) is -0.310. The maximum atomic E-state index is 10.9. The minimum absolute atomic E-state index is 0.00263. The lowest BCUT2D eigenvalue weighted by Crippen LogP contribution is -2.59. The molecule has 3 heteroatoms. The third kappa shape index (κ3) is 1.93. The van der Waals surface area contributed by atoms with Crippen molar-refractivity contribution >= 4 is 0 Å². The van der Waals surface area contributed by atoms with Gasteiger partial charge in [0.05, 0.1) is 18.3 Å². The molecular weight excluding hydrogens is 288 g/mol. The molecule has 0 saturated heterocycles. The number of hydrogen-bond acceptors (Lipinski definition) is 3. The highest BCUT2D eigenvalue weighted by atomic mass is 16.3. The molecule has 0 aliphatic heterocycles. The molecule has 7 atom stereocenters. The van der Waals surface area contributed by atoms with Gasteiger partial charge in [0, 0.05) is 0 Å². The van der Waals surface area contributed by atoms with Crippen LogP contribution in [0.3, 0.4) is 0 Å². The Bertz CT molecular complexity index is 503. The molecule has 4 rings (SSSR count). The van der Waals surface area contributed by atoms with E-state index in [2.05, 4.69) is 20.8 Å². The van der Waals surface area contributed by atoms with Crippen LogP contribution in [0.2, 0.25) is 0 Å². The van der Waals surface area contributed by atoms with Gasteiger partial charge in [-0.1, -0.05) is 20.8 Å². The predicted octanol–water partition coefficient (Wildman–Crippen LogP) is 3.11. The van der Waals surface area contributed by atoms with Crippen molar-refractivity contribution in [3.05, 3.63) is 0 Å². The Morgan fingerprint density at radius 1 is 0.957 bits per heavy atom. The normalized spacial score (nSPS) is 57.7. The minimum Gasteiger partial charge on any atom is -0.393 e. The van der Waals surface area contributed by atoms with Crippen molar-refractivity contribution in [1.82, 2.24) is 0 Å². The highest BCUT2D eigenvalue weighted by Crippen LogP contribution is 2.72. The summed E-state index contributed by atoms with van der Waals surface area (Å²) < 4.78 is 0. The second-order valence-corrected chi connectivity index (χ2v) is 10.3.